The zero-order valence-electron chi connectivity index (χ0n) is 14.4. The first-order valence-electron chi connectivity index (χ1n) is 8.21. The molecule has 0 saturated heterocycles. The number of allylic oxidation sites excluding steroid dienone is 2. The standard InChI is InChI=1S/C20H19BrNO3/c1-20(2)16-10-19(25-3)18(22(23)24)9-12(16)7-15-14-5-4-13(21)6-11(14)8-17(15)20/h4-6,9-10,23H,7-8H2,1-3H3/q-1. The zero-order chi connectivity index (χ0) is 17.9. The third kappa shape index (κ3) is 2.41. The highest BCUT2D eigenvalue weighted by atomic mass is 79.9. The van der Waals surface area contributed by atoms with E-state index < -0.39 is 0 Å². The molecule has 2 aliphatic carbocycles. The van der Waals surface area contributed by atoms with Crippen molar-refractivity contribution in [3.63, 3.8) is 0 Å². The number of benzene rings is 2. The number of ether oxygens (including phenoxy) is 1. The van der Waals surface area contributed by atoms with E-state index >= 15 is 0 Å². The van der Waals surface area contributed by atoms with Crippen LogP contribution in [0, 0.1) is 5.21 Å². The minimum absolute atomic E-state index is 0.115. The van der Waals surface area contributed by atoms with E-state index in [0.717, 1.165) is 28.4 Å². The van der Waals surface area contributed by atoms with Crippen LogP contribution in [0.4, 0.5) is 5.69 Å². The Kier molecular flexibility index (Phi) is 3.72. The van der Waals surface area contributed by atoms with Gasteiger partial charge in [-0.05, 0) is 64.9 Å². The van der Waals surface area contributed by atoms with Crippen LogP contribution in [0.25, 0.3) is 5.57 Å². The minimum atomic E-state index is -0.163. The fourth-order valence-electron chi connectivity index (χ4n) is 4.27. The Balaban J connectivity index is 1.89. The van der Waals surface area contributed by atoms with Crippen molar-refractivity contribution in [1.29, 1.82) is 0 Å². The minimum Gasteiger partial charge on any atom is -0.733 e. The van der Waals surface area contributed by atoms with Gasteiger partial charge in [-0.3, -0.25) is 5.21 Å². The van der Waals surface area contributed by atoms with Gasteiger partial charge in [-0.15, -0.1) is 0 Å². The lowest BCUT2D eigenvalue weighted by Gasteiger charge is -2.37. The molecule has 0 amide bonds. The number of nitrogens with zero attached hydrogens (tertiary/aromatic N) is 1. The molecule has 0 spiro atoms. The van der Waals surface area contributed by atoms with Crippen molar-refractivity contribution >= 4 is 27.2 Å². The van der Waals surface area contributed by atoms with Crippen LogP contribution in [0.5, 0.6) is 5.75 Å². The average Bonchev–Trinajstić information content (AvgIpc) is 2.92. The van der Waals surface area contributed by atoms with E-state index in [9.17, 15) is 10.4 Å². The SMILES string of the molecule is COc1cc2c(cc1N([O-])O)CC1=C(Cc3cc(Br)ccc31)C2(C)C. The highest BCUT2D eigenvalue weighted by Gasteiger charge is 2.39. The van der Waals surface area contributed by atoms with E-state index in [2.05, 4.69) is 48.0 Å². The molecule has 4 nitrogen and oxygen atoms in total. The first-order chi connectivity index (χ1) is 11.8. The lowest BCUT2D eigenvalue weighted by molar-refractivity contribution is 0.290. The number of fused-ring (bicyclic) bond motifs is 3. The van der Waals surface area contributed by atoms with Gasteiger partial charge in [0.1, 0.15) is 5.75 Å². The third-order valence-corrected chi connectivity index (χ3v) is 6.02. The van der Waals surface area contributed by atoms with Gasteiger partial charge in [-0.25, -0.2) is 0 Å². The number of methoxy groups -OCH3 is 1. The lowest BCUT2D eigenvalue weighted by Crippen LogP contribution is -2.27. The van der Waals surface area contributed by atoms with Crippen molar-refractivity contribution in [1.82, 2.24) is 0 Å². The van der Waals surface area contributed by atoms with Crippen molar-refractivity contribution in [3.8, 4) is 5.75 Å². The summed E-state index contributed by atoms with van der Waals surface area (Å²) in [5, 5.41) is 20.8. The molecule has 1 N–H and O–H groups in total. The monoisotopic (exact) mass is 400 g/mol. The molecule has 4 rings (SSSR count). The molecule has 0 aromatic heterocycles. The highest BCUT2D eigenvalue weighted by Crippen LogP contribution is 2.51. The molecule has 0 unspecified atom stereocenters. The Hall–Kier alpha value is -1.82. The van der Waals surface area contributed by atoms with Crippen molar-refractivity contribution in [2.24, 2.45) is 0 Å². The van der Waals surface area contributed by atoms with Crippen LogP contribution in [-0.4, -0.2) is 12.3 Å². The van der Waals surface area contributed by atoms with Gasteiger partial charge in [0.15, 0.2) is 0 Å². The quantitative estimate of drug-likeness (QED) is 0.720. The molecule has 0 fully saturated rings. The lowest BCUT2D eigenvalue weighted by atomic mass is 9.68. The summed E-state index contributed by atoms with van der Waals surface area (Å²) in [6, 6.07) is 10.1. The van der Waals surface area contributed by atoms with Gasteiger partial charge >= 0.3 is 0 Å². The van der Waals surface area contributed by atoms with E-state index in [1.165, 1.54) is 29.4 Å². The molecule has 0 saturated carbocycles. The first-order valence-corrected chi connectivity index (χ1v) is 9.01. The van der Waals surface area contributed by atoms with Gasteiger partial charge in [-0.1, -0.05) is 41.4 Å². The average molecular weight is 401 g/mol. The van der Waals surface area contributed by atoms with Gasteiger partial charge < -0.3 is 15.2 Å². The van der Waals surface area contributed by atoms with Gasteiger partial charge in [0.25, 0.3) is 0 Å². The van der Waals surface area contributed by atoms with Crippen LogP contribution < -0.4 is 9.96 Å². The number of halogens is 1. The van der Waals surface area contributed by atoms with Crippen LogP contribution in [0.1, 0.15) is 36.1 Å². The first kappa shape index (κ1) is 16.6. The molecule has 2 aromatic carbocycles. The smallest absolute Gasteiger partial charge is 0.143 e. The van der Waals surface area contributed by atoms with Gasteiger partial charge in [0.2, 0.25) is 0 Å². The molecule has 0 bridgehead atoms. The fourth-order valence-corrected chi connectivity index (χ4v) is 4.68. The molecule has 2 aliphatic rings. The molecule has 130 valence electrons. The molecule has 0 aliphatic heterocycles. The predicted octanol–water partition coefficient (Wildman–Crippen LogP) is 4.99. The summed E-state index contributed by atoms with van der Waals surface area (Å²) in [7, 11) is 1.51. The fraction of sp³-hybridized carbons (Fsp3) is 0.300. The van der Waals surface area contributed by atoms with Crippen molar-refractivity contribution in [2.75, 3.05) is 12.3 Å². The van der Waals surface area contributed by atoms with E-state index in [1.807, 2.05) is 6.07 Å². The van der Waals surface area contributed by atoms with Gasteiger partial charge in [-0.2, -0.15) is 0 Å². The van der Waals surface area contributed by atoms with Crippen LogP contribution in [-0.2, 0) is 18.3 Å². The Morgan fingerprint density at radius 1 is 1.16 bits per heavy atom. The molecule has 5 heteroatoms. The third-order valence-electron chi connectivity index (χ3n) is 5.53. The second-order valence-corrected chi connectivity index (χ2v) is 8.11. The Morgan fingerprint density at radius 2 is 1.92 bits per heavy atom. The number of rotatable bonds is 2. The predicted molar refractivity (Wildman–Crippen MR) is 102 cm³/mol. The second kappa shape index (κ2) is 5.59. The summed E-state index contributed by atoms with van der Waals surface area (Å²) >= 11 is 3.56. The maximum atomic E-state index is 11.5. The topological polar surface area (TPSA) is 55.8 Å². The molecular formula is C20H19BrNO3-. The summed E-state index contributed by atoms with van der Waals surface area (Å²) in [6.07, 6.45) is 1.70. The van der Waals surface area contributed by atoms with Gasteiger partial charge in [0, 0.05) is 9.89 Å². The van der Waals surface area contributed by atoms with Crippen LogP contribution in [0.15, 0.2) is 40.4 Å². The van der Waals surface area contributed by atoms with Gasteiger partial charge in [0.05, 0.1) is 12.8 Å². The van der Waals surface area contributed by atoms with Crippen molar-refractivity contribution in [3.05, 3.63) is 67.8 Å². The molecule has 0 radical (unpaired) electrons. The van der Waals surface area contributed by atoms with Crippen LogP contribution in [0.3, 0.4) is 0 Å². The zero-order valence-corrected chi connectivity index (χ0v) is 16.0. The van der Waals surface area contributed by atoms with Crippen molar-refractivity contribution < 1.29 is 9.94 Å². The van der Waals surface area contributed by atoms with Crippen molar-refractivity contribution in [2.45, 2.75) is 32.1 Å². The van der Waals surface area contributed by atoms with Crippen LogP contribution in [0.2, 0.25) is 0 Å². The summed E-state index contributed by atoms with van der Waals surface area (Å²) in [4.78, 5) is 0. The molecular weight excluding hydrogens is 382 g/mol. The molecule has 2 aromatic rings. The number of hydrogen-bond acceptors (Lipinski definition) is 4. The second-order valence-electron chi connectivity index (χ2n) is 7.19. The molecule has 0 atom stereocenters. The summed E-state index contributed by atoms with van der Waals surface area (Å²) in [5.41, 5.74) is 7.58. The molecule has 0 heterocycles. The highest BCUT2D eigenvalue weighted by molar-refractivity contribution is 9.10. The Bertz CT molecular complexity index is 915. The van der Waals surface area contributed by atoms with Crippen LogP contribution >= 0.6 is 15.9 Å². The van der Waals surface area contributed by atoms with E-state index in [0.29, 0.717) is 5.75 Å². The summed E-state index contributed by atoms with van der Waals surface area (Å²) in [6.45, 7) is 4.43. The maximum absolute atomic E-state index is 11.5. The van der Waals surface area contributed by atoms with E-state index in [1.54, 1.807) is 6.07 Å². The Morgan fingerprint density at radius 3 is 2.60 bits per heavy atom. The summed E-state index contributed by atoms with van der Waals surface area (Å²) in [5.74, 6) is 0.395. The maximum Gasteiger partial charge on any atom is 0.143 e. The van der Waals surface area contributed by atoms with E-state index in [4.69, 9.17) is 4.74 Å². The number of anilines is 1. The largest absolute Gasteiger partial charge is 0.733 e. The van der Waals surface area contributed by atoms with E-state index in [-0.39, 0.29) is 16.3 Å². The summed E-state index contributed by atoms with van der Waals surface area (Å²) < 4.78 is 6.42. The molecule has 25 heavy (non-hydrogen) atoms. The number of hydrogen-bond donors (Lipinski definition) is 1. The Labute approximate surface area is 155 Å². The normalized spacial score (nSPS) is 17.0.